The molecule has 2 fully saturated rings. The van der Waals surface area contributed by atoms with Crippen molar-refractivity contribution in [3.63, 3.8) is 0 Å². The Labute approximate surface area is 493 Å². The van der Waals surface area contributed by atoms with Crippen LogP contribution >= 0.6 is 46.4 Å². The number of hydrogen-bond acceptors (Lipinski definition) is 17. The van der Waals surface area contributed by atoms with E-state index in [1.54, 1.807) is 50.5 Å². The number of nitro groups is 1. The maximum atomic E-state index is 13.2. The van der Waals surface area contributed by atoms with Crippen LogP contribution in [0.1, 0.15) is 54.9 Å². The number of rotatable bonds is 19. The van der Waals surface area contributed by atoms with E-state index in [-0.39, 0.29) is 69.2 Å². The van der Waals surface area contributed by atoms with Crippen molar-refractivity contribution in [1.82, 2.24) is 29.7 Å². The number of benzene rings is 4. The second-order valence-electron chi connectivity index (χ2n) is 18.9. The molecule has 0 radical (unpaired) electrons. The molecule has 0 bridgehead atoms. The van der Waals surface area contributed by atoms with Gasteiger partial charge in [0.1, 0.15) is 47.3 Å². The van der Waals surface area contributed by atoms with Gasteiger partial charge in [0.05, 0.1) is 77.7 Å². The number of aromatic nitrogens is 4. The van der Waals surface area contributed by atoms with Gasteiger partial charge in [-0.15, -0.1) is 0 Å². The maximum absolute atomic E-state index is 13.2. The van der Waals surface area contributed by atoms with Gasteiger partial charge in [0.15, 0.2) is 0 Å². The number of piperazine rings is 2. The molecule has 0 saturated carbocycles. The Bertz CT molecular complexity index is 3120. The number of likely N-dealkylation sites (N-methyl/N-ethyl adjacent to an activating group) is 4. The van der Waals surface area contributed by atoms with Gasteiger partial charge in [-0.3, -0.25) is 29.5 Å². The highest BCUT2D eigenvalue weighted by atomic mass is 35.5. The number of amides is 2. The predicted octanol–water partition coefficient (Wildman–Crippen LogP) is 9.60. The minimum absolute atomic E-state index is 0. The first-order valence-electron chi connectivity index (χ1n) is 25.8. The summed E-state index contributed by atoms with van der Waals surface area (Å²) in [5.41, 5.74) is 12.7. The van der Waals surface area contributed by atoms with Gasteiger partial charge >= 0.3 is 0 Å². The Morgan fingerprint density at radius 3 is 1.31 bits per heavy atom. The zero-order chi connectivity index (χ0) is 57.8. The topological polar surface area (TPSA) is 211 Å². The van der Waals surface area contributed by atoms with Gasteiger partial charge in [-0.2, -0.15) is 0 Å². The third-order valence-electron chi connectivity index (χ3n) is 14.3. The highest BCUT2D eigenvalue weighted by Gasteiger charge is 2.26. The molecule has 2 N–H and O–H groups in total. The normalized spacial score (nSPS) is 13.6. The highest BCUT2D eigenvalue weighted by Crippen LogP contribution is 2.42. The van der Waals surface area contributed by atoms with Gasteiger partial charge in [-0.1, -0.05) is 73.7 Å². The molecule has 2 aliphatic rings. The van der Waals surface area contributed by atoms with E-state index in [2.05, 4.69) is 59.4 Å². The summed E-state index contributed by atoms with van der Waals surface area (Å²) in [6.45, 7) is 14.0. The molecule has 0 aliphatic carbocycles. The summed E-state index contributed by atoms with van der Waals surface area (Å²) < 4.78 is 21.2. The number of nitrogens with two attached hydrogens (primary N) is 1. The summed E-state index contributed by atoms with van der Waals surface area (Å²) in [6, 6.07) is 18.1. The van der Waals surface area contributed by atoms with E-state index in [1.165, 1.54) is 50.9 Å². The van der Waals surface area contributed by atoms with Gasteiger partial charge in [0.25, 0.3) is 5.69 Å². The lowest BCUT2D eigenvalue weighted by molar-refractivity contribution is -0.385. The molecule has 2 amide bonds. The Kier molecular flexibility index (Phi) is 22.8. The third kappa shape index (κ3) is 15.3. The Hall–Kier alpha value is -6.94. The molecule has 81 heavy (non-hydrogen) atoms. The lowest BCUT2D eigenvalue weighted by atomic mass is 10.1. The monoisotopic (exact) mass is 1190 g/mol. The van der Waals surface area contributed by atoms with Crippen LogP contribution < -0.4 is 44.3 Å². The molecule has 20 nitrogen and oxygen atoms in total. The first-order chi connectivity index (χ1) is 38.4. The number of carbonyl (C=O) groups is 2. The number of carbonyl (C=O) groups excluding carboxylic acids is 2. The Morgan fingerprint density at radius 1 is 0.580 bits per heavy atom. The summed E-state index contributed by atoms with van der Waals surface area (Å²) in [5.74, 6) is 1.60. The van der Waals surface area contributed by atoms with Gasteiger partial charge in [-0.25, -0.2) is 19.9 Å². The van der Waals surface area contributed by atoms with Crippen LogP contribution in [0.5, 0.6) is 23.0 Å². The summed E-state index contributed by atoms with van der Waals surface area (Å²) in [6.07, 6.45) is 3.28. The first kappa shape index (κ1) is 63.2. The number of anilines is 5. The standard InChI is InChI=1S/C28H32Cl2N6O5.C28H34Cl2N6O3.CH4/c1-5-34-8-10-35(11-9-34)20-7-6-18(22(14-20)36(38)39)12-19-13-25(32-17-31-19)33(2)26(37)15-21-27(29)23(40-3)16-24(41-4)28(21)30;1-5-35-8-10-36(11-9-35)20-7-6-18(22(31)14-20)12-19-13-25(33-17-32-19)34(2)26(37)15-21-27(29)23(38-3)16-24(39-4)28(21)30;/h6-7,13-14,16-17H,5,8-12,15H2,1-4H3;6-7,13-14,16-17H,5,8-12,15,31H2,1-4H3;1H4. The molecular weight excluding hydrogens is 1120 g/mol. The van der Waals surface area contributed by atoms with Crippen LogP contribution in [0.15, 0.2) is 73.3 Å². The largest absolute Gasteiger partial charge is 0.495 e. The lowest BCUT2D eigenvalue weighted by Gasteiger charge is -2.35. The number of hydrogen-bond donors (Lipinski definition) is 1. The Balaban J connectivity index is 0.000000258. The third-order valence-corrected chi connectivity index (χ3v) is 16.0. The zero-order valence-electron chi connectivity index (χ0n) is 46.1. The molecule has 24 heteroatoms. The molecule has 2 aromatic heterocycles. The molecule has 0 spiro atoms. The molecule has 4 aromatic carbocycles. The SMILES string of the molecule is C.CCN1CCN(c2ccc(Cc3cc(N(C)C(=O)Cc4c(Cl)c(OC)cc(OC)c4Cl)ncn3)c(N)c2)CC1.CCN1CCN(c2ccc(Cc3cc(N(C)C(=O)Cc4c(Cl)c(OC)cc(OC)c4Cl)ncn3)c([N+](=O)[O-])c2)CC1. The van der Waals surface area contributed by atoms with E-state index in [0.717, 1.165) is 88.1 Å². The number of nitro benzene ring substituents is 1. The summed E-state index contributed by atoms with van der Waals surface area (Å²) >= 11 is 25.8. The smallest absolute Gasteiger partial charge is 0.275 e. The molecule has 6 aromatic rings. The van der Waals surface area contributed by atoms with Gasteiger partial charge in [-0.05, 0) is 42.9 Å². The second-order valence-corrected chi connectivity index (χ2v) is 20.4. The van der Waals surface area contributed by atoms with E-state index < -0.39 is 0 Å². The molecule has 2 aliphatic heterocycles. The molecule has 434 valence electrons. The van der Waals surface area contributed by atoms with Crippen LogP contribution in [0.2, 0.25) is 20.1 Å². The van der Waals surface area contributed by atoms with Crippen molar-refractivity contribution in [2.24, 2.45) is 0 Å². The van der Waals surface area contributed by atoms with Crippen molar-refractivity contribution in [3.8, 4) is 23.0 Å². The number of nitrogen functional groups attached to an aromatic ring is 1. The van der Waals surface area contributed by atoms with Crippen LogP contribution in [0.3, 0.4) is 0 Å². The van der Waals surface area contributed by atoms with Crippen molar-refractivity contribution in [3.05, 3.63) is 137 Å². The minimum atomic E-state index is -0.366. The van der Waals surface area contributed by atoms with Crippen LogP contribution in [0, 0.1) is 10.1 Å². The van der Waals surface area contributed by atoms with Crippen molar-refractivity contribution >= 4 is 92.6 Å². The van der Waals surface area contributed by atoms with E-state index >= 15 is 0 Å². The predicted molar refractivity (Wildman–Crippen MR) is 322 cm³/mol. The molecule has 2 saturated heterocycles. The van der Waals surface area contributed by atoms with Crippen molar-refractivity contribution < 1.29 is 33.5 Å². The fraction of sp³-hybridized carbons (Fsp3) is 0.404. The summed E-state index contributed by atoms with van der Waals surface area (Å²) in [5, 5.41) is 12.9. The zero-order valence-corrected chi connectivity index (χ0v) is 49.1. The van der Waals surface area contributed by atoms with E-state index in [9.17, 15) is 19.7 Å². The van der Waals surface area contributed by atoms with E-state index in [4.69, 9.17) is 71.1 Å². The van der Waals surface area contributed by atoms with Crippen LogP contribution in [0.4, 0.5) is 34.4 Å². The fourth-order valence-electron chi connectivity index (χ4n) is 9.35. The quantitative estimate of drug-likeness (QED) is 0.0454. The molecule has 0 unspecified atom stereocenters. The minimum Gasteiger partial charge on any atom is -0.495 e. The van der Waals surface area contributed by atoms with Crippen molar-refractivity contribution in [1.29, 1.82) is 0 Å². The van der Waals surface area contributed by atoms with Gasteiger partial charge in [0, 0.05) is 143 Å². The molecule has 0 atom stereocenters. The van der Waals surface area contributed by atoms with Gasteiger partial charge in [0.2, 0.25) is 11.8 Å². The number of methoxy groups -OCH3 is 4. The van der Waals surface area contributed by atoms with E-state index in [1.807, 2.05) is 18.2 Å². The lowest BCUT2D eigenvalue weighted by Crippen LogP contribution is -2.46. The maximum Gasteiger partial charge on any atom is 0.275 e. The van der Waals surface area contributed by atoms with Crippen LogP contribution in [0.25, 0.3) is 0 Å². The fourth-order valence-corrected chi connectivity index (χ4v) is 10.6. The van der Waals surface area contributed by atoms with Crippen molar-refractivity contribution in [2.45, 2.75) is 47.0 Å². The van der Waals surface area contributed by atoms with Crippen molar-refractivity contribution in [2.75, 3.05) is 133 Å². The summed E-state index contributed by atoms with van der Waals surface area (Å²) in [4.78, 5) is 67.4. The second kappa shape index (κ2) is 29.2. The molecule has 8 rings (SSSR count). The summed E-state index contributed by atoms with van der Waals surface area (Å²) in [7, 11) is 9.11. The first-order valence-corrected chi connectivity index (χ1v) is 27.4. The molecular formula is C57H70Cl4N12O8. The van der Waals surface area contributed by atoms with Crippen LogP contribution in [-0.4, -0.2) is 154 Å². The highest BCUT2D eigenvalue weighted by molar-refractivity contribution is 6.39. The number of halogens is 4. The number of ether oxygens (including phenoxy) is 4. The average Bonchev–Trinajstić information content (AvgIpc) is 3.49. The molecule has 4 heterocycles. The Morgan fingerprint density at radius 2 is 0.951 bits per heavy atom. The van der Waals surface area contributed by atoms with Gasteiger partial charge < -0.3 is 44.3 Å². The van der Waals surface area contributed by atoms with Crippen LogP contribution in [-0.2, 0) is 35.3 Å². The number of nitrogens with zero attached hydrogens (tertiary/aromatic N) is 11. The van der Waals surface area contributed by atoms with E-state index in [0.29, 0.717) is 69.1 Å². The average molecular weight is 1190 g/mol.